The highest BCUT2D eigenvalue weighted by atomic mass is 16.5. The normalized spacial score (nSPS) is 16.2. The molecule has 38 heavy (non-hydrogen) atoms. The molecule has 6 nitrogen and oxygen atoms in total. The molecule has 0 unspecified atom stereocenters. The molecule has 198 valence electrons. The summed E-state index contributed by atoms with van der Waals surface area (Å²) in [6.45, 7) is 11.2. The molecule has 0 saturated carbocycles. The summed E-state index contributed by atoms with van der Waals surface area (Å²) >= 11 is 0. The van der Waals surface area contributed by atoms with Gasteiger partial charge in [0.25, 0.3) is 11.8 Å². The van der Waals surface area contributed by atoms with Crippen LogP contribution >= 0.6 is 0 Å². The Balaban J connectivity index is 1.23. The second-order valence-electron chi connectivity index (χ2n) is 10.9. The Morgan fingerprint density at radius 2 is 1.55 bits per heavy atom. The van der Waals surface area contributed by atoms with Crippen molar-refractivity contribution in [2.45, 2.75) is 45.7 Å². The first-order valence-electron chi connectivity index (χ1n) is 13.6. The van der Waals surface area contributed by atoms with Gasteiger partial charge in [-0.3, -0.25) is 14.5 Å². The van der Waals surface area contributed by atoms with Gasteiger partial charge in [-0.2, -0.15) is 0 Å². The van der Waals surface area contributed by atoms with E-state index in [2.05, 4.69) is 62.1 Å². The highest BCUT2D eigenvalue weighted by Gasteiger charge is 2.29. The zero-order valence-electron chi connectivity index (χ0n) is 22.7. The van der Waals surface area contributed by atoms with Crippen LogP contribution in [-0.2, 0) is 23.3 Å². The van der Waals surface area contributed by atoms with E-state index in [0.29, 0.717) is 12.1 Å². The third-order valence-electron chi connectivity index (χ3n) is 8.02. The van der Waals surface area contributed by atoms with Crippen LogP contribution in [0.4, 0.5) is 5.69 Å². The number of nitrogens with zero attached hydrogens (tertiary/aromatic N) is 3. The van der Waals surface area contributed by atoms with Gasteiger partial charge in [-0.05, 0) is 52.8 Å². The topological polar surface area (TPSA) is 53.1 Å². The second-order valence-corrected chi connectivity index (χ2v) is 10.9. The molecule has 0 aliphatic carbocycles. The number of carbonyl (C=O) groups excluding carboxylic acids is 2. The Labute approximate surface area is 225 Å². The maximum Gasteiger partial charge on any atom is 0.265 e. The molecule has 0 bridgehead atoms. The van der Waals surface area contributed by atoms with Crippen molar-refractivity contribution >= 4 is 17.5 Å². The van der Waals surface area contributed by atoms with Crippen LogP contribution in [0.3, 0.4) is 0 Å². The molecule has 0 radical (unpaired) electrons. The van der Waals surface area contributed by atoms with Crippen LogP contribution in [-0.4, -0.2) is 54.4 Å². The first-order valence-corrected chi connectivity index (χ1v) is 13.6. The largest absolute Gasteiger partial charge is 0.482 e. The predicted octanol–water partition coefficient (Wildman–Crippen LogP) is 5.26. The van der Waals surface area contributed by atoms with Gasteiger partial charge in [0, 0.05) is 38.3 Å². The lowest BCUT2D eigenvalue weighted by molar-refractivity contribution is -0.121. The van der Waals surface area contributed by atoms with Crippen LogP contribution in [0.2, 0.25) is 0 Å². The predicted molar refractivity (Wildman–Crippen MR) is 151 cm³/mol. The maximum absolute atomic E-state index is 13.2. The summed E-state index contributed by atoms with van der Waals surface area (Å²) in [5.41, 5.74) is 4.98. The molecule has 1 saturated heterocycles. The van der Waals surface area contributed by atoms with E-state index in [-0.39, 0.29) is 23.8 Å². The van der Waals surface area contributed by atoms with Crippen molar-refractivity contribution in [2.24, 2.45) is 0 Å². The van der Waals surface area contributed by atoms with Crippen LogP contribution in [0.1, 0.15) is 54.2 Å². The average Bonchev–Trinajstić information content (AvgIpc) is 2.95. The highest BCUT2D eigenvalue weighted by Crippen LogP contribution is 2.38. The molecular formula is C32H37N3O3. The molecule has 0 spiro atoms. The lowest BCUT2D eigenvalue weighted by Crippen LogP contribution is -2.48. The van der Waals surface area contributed by atoms with Crippen molar-refractivity contribution in [1.82, 2.24) is 9.80 Å². The summed E-state index contributed by atoms with van der Waals surface area (Å²) in [7, 11) is 0. The minimum absolute atomic E-state index is 0.0102. The van der Waals surface area contributed by atoms with Crippen molar-refractivity contribution in [3.8, 4) is 5.75 Å². The van der Waals surface area contributed by atoms with Crippen LogP contribution < -0.4 is 9.64 Å². The van der Waals surface area contributed by atoms with Crippen LogP contribution in [0, 0.1) is 0 Å². The smallest absolute Gasteiger partial charge is 0.265 e. The van der Waals surface area contributed by atoms with E-state index < -0.39 is 0 Å². The number of anilines is 1. The Bertz CT molecular complexity index is 1280. The van der Waals surface area contributed by atoms with E-state index in [9.17, 15) is 9.59 Å². The zero-order chi connectivity index (χ0) is 26.7. The summed E-state index contributed by atoms with van der Waals surface area (Å²) in [5.74, 6) is 0.742. The summed E-state index contributed by atoms with van der Waals surface area (Å²) < 4.78 is 5.72. The molecule has 2 heterocycles. The number of hydrogen-bond donors (Lipinski definition) is 0. The molecule has 0 atom stereocenters. The molecule has 3 aromatic rings. The van der Waals surface area contributed by atoms with Crippen molar-refractivity contribution in [3.05, 3.63) is 95.1 Å². The summed E-state index contributed by atoms with van der Waals surface area (Å²) in [6.07, 6.45) is 0.998. The summed E-state index contributed by atoms with van der Waals surface area (Å²) in [5, 5.41) is 0. The Morgan fingerprint density at radius 3 is 2.24 bits per heavy atom. The van der Waals surface area contributed by atoms with Gasteiger partial charge in [-0.1, -0.05) is 69.3 Å². The van der Waals surface area contributed by atoms with Gasteiger partial charge < -0.3 is 14.5 Å². The Morgan fingerprint density at radius 1 is 0.868 bits per heavy atom. The number of amides is 2. The number of piperazine rings is 1. The first-order chi connectivity index (χ1) is 18.3. The number of carbonyl (C=O) groups is 2. The van der Waals surface area contributed by atoms with E-state index in [0.717, 1.165) is 56.1 Å². The van der Waals surface area contributed by atoms with Gasteiger partial charge >= 0.3 is 0 Å². The number of hydrogen-bond acceptors (Lipinski definition) is 4. The standard InChI is InChI=1S/C32H37N3O3/c1-4-32(2,3)27-14-15-29-28(20-27)35(30(36)23-38-29)22-25-10-12-26(13-11-25)31(37)34-18-16-33(17-19-34)21-24-8-6-5-7-9-24/h5-15,20H,4,16-19,21-23H2,1-3H3. The summed E-state index contributed by atoms with van der Waals surface area (Å²) in [6, 6.07) is 24.3. The second kappa shape index (κ2) is 11.0. The van der Waals surface area contributed by atoms with Crippen LogP contribution in [0.25, 0.3) is 0 Å². The van der Waals surface area contributed by atoms with Gasteiger partial charge in [0.05, 0.1) is 12.2 Å². The van der Waals surface area contributed by atoms with Gasteiger partial charge in [0.15, 0.2) is 6.61 Å². The average molecular weight is 512 g/mol. The third-order valence-corrected chi connectivity index (χ3v) is 8.02. The summed E-state index contributed by atoms with van der Waals surface area (Å²) in [4.78, 5) is 32.2. The minimum Gasteiger partial charge on any atom is -0.482 e. The molecule has 5 rings (SSSR count). The lowest BCUT2D eigenvalue weighted by atomic mass is 9.82. The Hall–Kier alpha value is -3.64. The Kier molecular flexibility index (Phi) is 7.52. The van der Waals surface area contributed by atoms with Gasteiger partial charge in [0.2, 0.25) is 0 Å². The molecule has 2 aliphatic rings. The van der Waals surface area contributed by atoms with Crippen LogP contribution in [0.5, 0.6) is 5.75 Å². The van der Waals surface area contributed by atoms with Crippen molar-refractivity contribution in [1.29, 1.82) is 0 Å². The number of fused-ring (bicyclic) bond motifs is 1. The quantitative estimate of drug-likeness (QED) is 0.434. The molecule has 2 aliphatic heterocycles. The molecule has 2 amide bonds. The molecule has 0 N–H and O–H groups in total. The highest BCUT2D eigenvalue weighted by molar-refractivity contribution is 5.98. The number of ether oxygens (including phenoxy) is 1. The van der Waals surface area contributed by atoms with Gasteiger partial charge in [-0.25, -0.2) is 0 Å². The van der Waals surface area contributed by atoms with Gasteiger partial charge in [-0.15, -0.1) is 0 Å². The van der Waals surface area contributed by atoms with E-state index >= 15 is 0 Å². The fourth-order valence-corrected chi connectivity index (χ4v) is 5.07. The van der Waals surface area contributed by atoms with Crippen LogP contribution in [0.15, 0.2) is 72.8 Å². The number of rotatable bonds is 7. The molecule has 6 heteroatoms. The minimum atomic E-state index is -0.0579. The SMILES string of the molecule is CCC(C)(C)c1ccc2c(c1)N(Cc1ccc(C(=O)N3CCN(Cc4ccccc4)CC3)cc1)C(=O)CO2. The van der Waals surface area contributed by atoms with Crippen molar-refractivity contribution in [3.63, 3.8) is 0 Å². The number of benzene rings is 3. The van der Waals surface area contributed by atoms with Gasteiger partial charge in [0.1, 0.15) is 5.75 Å². The molecule has 0 aromatic heterocycles. The third kappa shape index (κ3) is 5.60. The monoisotopic (exact) mass is 511 g/mol. The van der Waals surface area contributed by atoms with Crippen molar-refractivity contribution in [2.75, 3.05) is 37.7 Å². The fourth-order valence-electron chi connectivity index (χ4n) is 5.07. The van der Waals surface area contributed by atoms with E-state index in [1.807, 2.05) is 41.3 Å². The molecule has 1 fully saturated rings. The zero-order valence-corrected chi connectivity index (χ0v) is 22.7. The lowest BCUT2D eigenvalue weighted by Gasteiger charge is -2.35. The molecule has 3 aromatic carbocycles. The van der Waals surface area contributed by atoms with Crippen molar-refractivity contribution < 1.29 is 14.3 Å². The van der Waals surface area contributed by atoms with E-state index in [1.54, 1.807) is 4.90 Å². The maximum atomic E-state index is 13.2. The fraction of sp³-hybridized carbons (Fsp3) is 0.375. The van der Waals surface area contributed by atoms with E-state index in [4.69, 9.17) is 4.74 Å². The molecular weight excluding hydrogens is 474 g/mol. The first kappa shape index (κ1) is 26.0. The van der Waals surface area contributed by atoms with E-state index in [1.165, 1.54) is 11.1 Å².